The Morgan fingerprint density at radius 2 is 1.50 bits per heavy atom. The zero-order chi connectivity index (χ0) is 31.7. The lowest BCUT2D eigenvalue weighted by molar-refractivity contribution is -0.139. The molecule has 0 unspecified atom stereocenters. The maximum absolute atomic E-state index is 14.3. The maximum atomic E-state index is 14.3. The number of rotatable bonds is 13. The minimum absolute atomic E-state index is 0.00529. The van der Waals surface area contributed by atoms with Crippen LogP contribution >= 0.6 is 11.6 Å². The van der Waals surface area contributed by atoms with Gasteiger partial charge in [0.25, 0.3) is 10.0 Å². The molecule has 0 aliphatic rings. The van der Waals surface area contributed by atoms with Gasteiger partial charge < -0.3 is 15.0 Å². The number of nitrogens with zero attached hydrogens (tertiary/aromatic N) is 2. The molecule has 0 heterocycles. The number of likely N-dealkylation sites (N-methyl/N-ethyl adjacent to an activating group) is 1. The van der Waals surface area contributed by atoms with Crippen LogP contribution in [0.3, 0.4) is 0 Å². The summed E-state index contributed by atoms with van der Waals surface area (Å²) in [7, 11) is -2.69. The zero-order valence-corrected chi connectivity index (χ0v) is 26.5. The van der Waals surface area contributed by atoms with Crippen LogP contribution in [0.25, 0.3) is 0 Å². The number of hydrogen-bond acceptors (Lipinski definition) is 5. The molecule has 230 valence electrons. The lowest BCUT2D eigenvalue weighted by atomic mass is 10.0. The predicted molar refractivity (Wildman–Crippen MR) is 173 cm³/mol. The van der Waals surface area contributed by atoms with Crippen LogP contribution in [0, 0.1) is 6.92 Å². The highest BCUT2D eigenvalue weighted by molar-refractivity contribution is 7.92. The predicted octanol–water partition coefficient (Wildman–Crippen LogP) is 5.63. The summed E-state index contributed by atoms with van der Waals surface area (Å²) in [5.74, 6) is -0.375. The van der Waals surface area contributed by atoms with Crippen molar-refractivity contribution in [2.24, 2.45) is 0 Å². The van der Waals surface area contributed by atoms with E-state index in [9.17, 15) is 18.0 Å². The third-order valence-corrected chi connectivity index (χ3v) is 9.15. The minimum Gasteiger partial charge on any atom is -0.494 e. The van der Waals surface area contributed by atoms with Gasteiger partial charge >= 0.3 is 0 Å². The van der Waals surface area contributed by atoms with Crippen LogP contribution in [0.2, 0.25) is 5.02 Å². The van der Waals surface area contributed by atoms with E-state index in [0.717, 1.165) is 21.0 Å². The summed E-state index contributed by atoms with van der Waals surface area (Å²) < 4.78 is 34.8. The first-order valence-corrected chi connectivity index (χ1v) is 16.1. The standard InChI is InChI=1S/C34H36ClN3O5S/c1-4-43-30-18-20-31(21-19-30)44(41,42)38(29-16-10-25(2)11-17-29)24-33(39)37(23-27-12-14-28(35)15-13-27)32(34(40)36-3)22-26-8-6-5-7-9-26/h5-21,32H,4,22-24H2,1-3H3,(H,36,40)/t32-/m0/s1. The third-order valence-electron chi connectivity index (χ3n) is 7.11. The van der Waals surface area contributed by atoms with Gasteiger partial charge in [-0.05, 0) is 73.5 Å². The molecule has 0 aliphatic carbocycles. The molecule has 0 aliphatic heterocycles. The fraction of sp³-hybridized carbons (Fsp3) is 0.235. The Labute approximate surface area is 264 Å². The molecule has 1 atom stereocenters. The minimum atomic E-state index is -4.20. The SMILES string of the molecule is CCOc1ccc(S(=O)(=O)N(CC(=O)N(Cc2ccc(Cl)cc2)[C@@H](Cc2ccccc2)C(=O)NC)c2ccc(C)cc2)cc1. The molecule has 0 aromatic heterocycles. The molecule has 4 aromatic rings. The second kappa shape index (κ2) is 14.9. The number of halogens is 1. The number of hydrogen-bond donors (Lipinski definition) is 1. The topological polar surface area (TPSA) is 96.0 Å². The number of anilines is 1. The van der Waals surface area contributed by atoms with Gasteiger partial charge in [-0.25, -0.2) is 8.42 Å². The van der Waals surface area contributed by atoms with Crippen LogP contribution < -0.4 is 14.4 Å². The van der Waals surface area contributed by atoms with Crippen LogP contribution in [0.4, 0.5) is 5.69 Å². The number of aryl methyl sites for hydroxylation is 1. The van der Waals surface area contributed by atoms with Gasteiger partial charge in [0.1, 0.15) is 18.3 Å². The summed E-state index contributed by atoms with van der Waals surface area (Å²) in [6.07, 6.45) is 0.232. The first-order chi connectivity index (χ1) is 21.1. The van der Waals surface area contributed by atoms with Crippen molar-refractivity contribution in [3.63, 3.8) is 0 Å². The molecule has 8 nitrogen and oxygen atoms in total. The molecule has 44 heavy (non-hydrogen) atoms. The molecule has 0 radical (unpaired) electrons. The van der Waals surface area contributed by atoms with Crippen LogP contribution in [0.5, 0.6) is 5.75 Å². The molecule has 0 spiro atoms. The Morgan fingerprint density at radius 1 is 0.864 bits per heavy atom. The van der Waals surface area contributed by atoms with Crippen LogP contribution in [0.1, 0.15) is 23.6 Å². The molecule has 10 heteroatoms. The molecule has 0 fully saturated rings. The molecule has 2 amide bonds. The Kier molecular flexibility index (Phi) is 11.0. The largest absolute Gasteiger partial charge is 0.494 e. The molecule has 4 aromatic carbocycles. The fourth-order valence-corrected chi connectivity index (χ4v) is 6.29. The van der Waals surface area contributed by atoms with E-state index in [0.29, 0.717) is 23.1 Å². The maximum Gasteiger partial charge on any atom is 0.264 e. The van der Waals surface area contributed by atoms with Gasteiger partial charge in [-0.3, -0.25) is 13.9 Å². The number of carbonyl (C=O) groups excluding carboxylic acids is 2. The van der Waals surface area contributed by atoms with Gasteiger partial charge in [0.2, 0.25) is 11.8 Å². The first-order valence-electron chi connectivity index (χ1n) is 14.2. The highest BCUT2D eigenvalue weighted by Crippen LogP contribution is 2.27. The average molecular weight is 634 g/mol. The number of carbonyl (C=O) groups is 2. The van der Waals surface area contributed by atoms with Crippen molar-refractivity contribution in [2.45, 2.75) is 37.8 Å². The second-order valence-electron chi connectivity index (χ2n) is 10.2. The highest BCUT2D eigenvalue weighted by Gasteiger charge is 2.34. The fourth-order valence-electron chi connectivity index (χ4n) is 4.75. The Morgan fingerprint density at radius 3 is 2.09 bits per heavy atom. The molecule has 0 saturated carbocycles. The van der Waals surface area contributed by atoms with E-state index in [2.05, 4.69) is 5.32 Å². The third kappa shape index (κ3) is 8.18. The molecule has 0 saturated heterocycles. The Balaban J connectivity index is 1.76. The number of benzene rings is 4. The quantitative estimate of drug-likeness (QED) is 0.206. The molecule has 0 bridgehead atoms. The monoisotopic (exact) mass is 633 g/mol. The van der Waals surface area contributed by atoms with E-state index in [-0.39, 0.29) is 23.8 Å². The van der Waals surface area contributed by atoms with Gasteiger partial charge in [-0.1, -0.05) is 71.8 Å². The lowest BCUT2D eigenvalue weighted by Crippen LogP contribution is -2.53. The van der Waals surface area contributed by atoms with Gasteiger partial charge in [-0.15, -0.1) is 0 Å². The van der Waals surface area contributed by atoms with E-state index in [1.807, 2.05) is 44.2 Å². The van der Waals surface area contributed by atoms with Crippen molar-refractivity contribution in [2.75, 3.05) is 24.5 Å². The van der Waals surface area contributed by atoms with Crippen molar-refractivity contribution < 1.29 is 22.7 Å². The molecular weight excluding hydrogens is 598 g/mol. The molecule has 1 N–H and O–H groups in total. The highest BCUT2D eigenvalue weighted by atomic mass is 35.5. The van der Waals surface area contributed by atoms with Crippen molar-refractivity contribution >= 4 is 39.1 Å². The van der Waals surface area contributed by atoms with Crippen LogP contribution in [0.15, 0.2) is 108 Å². The normalized spacial score (nSPS) is 11.8. The van der Waals surface area contributed by atoms with E-state index < -0.39 is 28.5 Å². The number of nitrogens with one attached hydrogen (secondary N) is 1. The van der Waals surface area contributed by atoms with Gasteiger partial charge in [0, 0.05) is 25.0 Å². The van der Waals surface area contributed by atoms with Crippen LogP contribution in [-0.2, 0) is 32.6 Å². The Bertz CT molecular complexity index is 1650. The van der Waals surface area contributed by atoms with E-state index in [4.69, 9.17) is 16.3 Å². The molecular formula is C34H36ClN3O5S. The Hall–Kier alpha value is -4.34. The smallest absolute Gasteiger partial charge is 0.264 e. The van der Waals surface area contributed by atoms with Crippen molar-refractivity contribution in [1.29, 1.82) is 0 Å². The summed E-state index contributed by atoms with van der Waals surface area (Å²) in [5.41, 5.74) is 2.85. The number of amides is 2. The van der Waals surface area contributed by atoms with Crippen molar-refractivity contribution in [3.8, 4) is 5.75 Å². The first kappa shape index (κ1) is 32.6. The average Bonchev–Trinajstić information content (AvgIpc) is 3.03. The van der Waals surface area contributed by atoms with Crippen molar-refractivity contribution in [1.82, 2.24) is 10.2 Å². The van der Waals surface area contributed by atoms with Crippen LogP contribution in [-0.4, -0.2) is 51.4 Å². The van der Waals surface area contributed by atoms with Gasteiger partial charge in [-0.2, -0.15) is 0 Å². The van der Waals surface area contributed by atoms with Crippen molar-refractivity contribution in [3.05, 3.63) is 125 Å². The number of sulfonamides is 1. The van der Waals surface area contributed by atoms with E-state index in [1.54, 1.807) is 60.7 Å². The summed E-state index contributed by atoms with van der Waals surface area (Å²) in [4.78, 5) is 29.1. The van der Waals surface area contributed by atoms with E-state index in [1.165, 1.54) is 24.1 Å². The summed E-state index contributed by atoms with van der Waals surface area (Å²) in [6.45, 7) is 3.70. The number of ether oxygens (including phenoxy) is 1. The van der Waals surface area contributed by atoms with Gasteiger partial charge in [0.05, 0.1) is 17.2 Å². The molecule has 4 rings (SSSR count). The zero-order valence-electron chi connectivity index (χ0n) is 24.9. The van der Waals surface area contributed by atoms with Gasteiger partial charge in [0.15, 0.2) is 0 Å². The lowest BCUT2D eigenvalue weighted by Gasteiger charge is -2.33. The summed E-state index contributed by atoms with van der Waals surface area (Å²) in [6, 6.07) is 28.4. The van der Waals surface area contributed by atoms with E-state index >= 15 is 0 Å². The second-order valence-corrected chi connectivity index (χ2v) is 12.5. The summed E-state index contributed by atoms with van der Waals surface area (Å²) >= 11 is 6.11. The summed E-state index contributed by atoms with van der Waals surface area (Å²) in [5, 5.41) is 3.21.